The van der Waals surface area contributed by atoms with Gasteiger partial charge in [0, 0.05) is 73.9 Å². The molecule has 3 aliphatic heterocycles. The molecule has 0 spiro atoms. The van der Waals surface area contributed by atoms with Crippen LogP contribution < -0.4 is 25.2 Å². The molecule has 6 heterocycles. The number of nitrogens with zero attached hydrogens (tertiary/aromatic N) is 7. The standard InChI is InChI=1S/C63H73N9O6S/c1-38-35-71(43-23-26-48-52(34-43)69(7)68-57(48)49-28-30-56(73)66-60(49)75)36-39(2)72(38)32-11-10-14-41-21-24-44(25-22-41)77-53-19-13-16-45(40(53)3)46-27-29-55(65-58(46)61(76)78-63(4,5)6)70-33-31-42-15-12-17-47(50(42)37-70)59(74)67-62-64-51-18-8-9-20-54(51)79-62/h8-9,12-13,15-20,23,26-27,29,34,38-39,41,44,49H,10-11,14,21-22,24-25,28,30-33,35-37H2,1-7H3,(H,64,67,74)(H,66,73,75)/t38-,39+,41?,44?,49?. The van der Waals surface area contributed by atoms with Crippen LogP contribution in [-0.2, 0) is 34.3 Å². The molecule has 3 aromatic heterocycles. The van der Waals surface area contributed by atoms with E-state index in [1.54, 1.807) is 0 Å². The number of piperidine rings is 1. The second-order valence-electron chi connectivity index (χ2n) is 23.4. The van der Waals surface area contributed by atoms with Gasteiger partial charge in [0.1, 0.15) is 17.2 Å². The minimum absolute atomic E-state index is 0.121. The van der Waals surface area contributed by atoms with E-state index in [1.165, 1.54) is 36.3 Å². The van der Waals surface area contributed by atoms with Crippen LogP contribution in [0.2, 0.25) is 0 Å². The molecule has 16 heteroatoms. The number of aromatic nitrogens is 4. The number of benzene rings is 4. The monoisotopic (exact) mass is 1080 g/mol. The topological polar surface area (TPSA) is 164 Å². The molecule has 15 nitrogen and oxygen atoms in total. The highest BCUT2D eigenvalue weighted by atomic mass is 32.1. The Morgan fingerprint density at radius 2 is 1.62 bits per heavy atom. The minimum Gasteiger partial charge on any atom is -0.490 e. The number of para-hydroxylation sites is 1. The van der Waals surface area contributed by atoms with Crippen molar-refractivity contribution in [1.29, 1.82) is 0 Å². The Hall–Kier alpha value is -7.17. The number of fused-ring (bicyclic) bond motifs is 3. The van der Waals surface area contributed by atoms with Crippen LogP contribution in [0, 0.1) is 12.8 Å². The number of carbonyl (C=O) groups excluding carboxylic acids is 4. The fourth-order valence-electron chi connectivity index (χ4n) is 12.6. The third kappa shape index (κ3) is 11.6. The highest BCUT2D eigenvalue weighted by Gasteiger charge is 2.34. The lowest BCUT2D eigenvalue weighted by atomic mass is 9.84. The molecular weight excluding hydrogens is 1010 g/mol. The van der Waals surface area contributed by atoms with Crippen LogP contribution in [0.5, 0.6) is 5.75 Å². The number of rotatable bonds is 14. The van der Waals surface area contributed by atoms with Gasteiger partial charge >= 0.3 is 5.97 Å². The van der Waals surface area contributed by atoms with Crippen molar-refractivity contribution in [3.8, 4) is 16.9 Å². The lowest BCUT2D eigenvalue weighted by Crippen LogP contribution is -2.57. The van der Waals surface area contributed by atoms with E-state index in [9.17, 15) is 19.2 Å². The van der Waals surface area contributed by atoms with Crippen molar-refractivity contribution >= 4 is 72.8 Å². The SMILES string of the molecule is Cc1c(OC2CCC(CCCCN3[C@H](C)CN(c4ccc5c(C6CCC(=O)NC6=O)nn(C)c5c4)C[C@@H]3C)CC2)cccc1-c1ccc(N2CCc3cccc(C(=O)Nc4nc5ccccc5s4)c3C2)nc1C(=O)OC(C)(C)C. The van der Waals surface area contributed by atoms with E-state index in [0.717, 1.165) is 107 Å². The number of esters is 1. The molecule has 3 fully saturated rings. The fourth-order valence-corrected chi connectivity index (χ4v) is 13.4. The van der Waals surface area contributed by atoms with Crippen LogP contribution in [0.3, 0.4) is 0 Å². The van der Waals surface area contributed by atoms with E-state index in [0.29, 0.717) is 66.0 Å². The number of thiazole rings is 1. The van der Waals surface area contributed by atoms with Gasteiger partial charge in [-0.1, -0.05) is 60.6 Å². The summed E-state index contributed by atoms with van der Waals surface area (Å²) in [5.74, 6) is 0.578. The molecule has 2 N–H and O–H groups in total. The van der Waals surface area contributed by atoms with Gasteiger partial charge in [0.2, 0.25) is 11.8 Å². The predicted molar refractivity (Wildman–Crippen MR) is 312 cm³/mol. The second-order valence-corrected chi connectivity index (χ2v) is 24.4. The zero-order chi connectivity index (χ0) is 55.1. The molecule has 4 aliphatic rings. The first-order valence-corrected chi connectivity index (χ1v) is 29.2. The molecule has 2 saturated heterocycles. The normalized spacial score (nSPS) is 21.0. The fraction of sp³-hybridized carbons (Fsp3) is 0.444. The summed E-state index contributed by atoms with van der Waals surface area (Å²) in [5.41, 5.74) is 8.45. The Morgan fingerprint density at radius 3 is 2.39 bits per heavy atom. The molecule has 11 rings (SSSR count). The maximum atomic E-state index is 14.2. The molecular formula is C63H73N9O6S. The van der Waals surface area contributed by atoms with Gasteiger partial charge in [-0.05, 0) is 176 Å². The van der Waals surface area contributed by atoms with Gasteiger partial charge in [-0.3, -0.25) is 34.6 Å². The van der Waals surface area contributed by atoms with Crippen molar-refractivity contribution in [3.63, 3.8) is 0 Å². The number of pyridine rings is 1. The van der Waals surface area contributed by atoms with Crippen LogP contribution in [-0.4, -0.2) is 98.3 Å². The van der Waals surface area contributed by atoms with Gasteiger partial charge in [-0.25, -0.2) is 14.8 Å². The molecule has 1 aliphatic carbocycles. The summed E-state index contributed by atoms with van der Waals surface area (Å²) in [4.78, 5) is 69.5. The lowest BCUT2D eigenvalue weighted by Gasteiger charge is -2.45. The summed E-state index contributed by atoms with van der Waals surface area (Å²) >= 11 is 1.45. The molecule has 0 bridgehead atoms. The van der Waals surface area contributed by atoms with E-state index >= 15 is 0 Å². The van der Waals surface area contributed by atoms with Crippen molar-refractivity contribution in [1.82, 2.24) is 30.0 Å². The Labute approximate surface area is 467 Å². The zero-order valence-electron chi connectivity index (χ0n) is 46.6. The Morgan fingerprint density at radius 1 is 0.835 bits per heavy atom. The number of unbranched alkanes of at least 4 members (excludes halogenated alkanes) is 1. The van der Waals surface area contributed by atoms with Crippen molar-refractivity contribution in [2.24, 2.45) is 13.0 Å². The molecule has 3 atom stereocenters. The van der Waals surface area contributed by atoms with Gasteiger partial charge in [0.15, 0.2) is 10.8 Å². The van der Waals surface area contributed by atoms with Crippen molar-refractivity contribution in [3.05, 3.63) is 125 Å². The van der Waals surface area contributed by atoms with Gasteiger partial charge in [0.05, 0.1) is 33.4 Å². The highest BCUT2D eigenvalue weighted by molar-refractivity contribution is 7.22. The van der Waals surface area contributed by atoms with E-state index in [1.807, 2.05) is 99.2 Å². The summed E-state index contributed by atoms with van der Waals surface area (Å²) in [5, 5.41) is 11.8. The third-order valence-electron chi connectivity index (χ3n) is 16.7. The van der Waals surface area contributed by atoms with Crippen LogP contribution in [0.25, 0.3) is 32.2 Å². The van der Waals surface area contributed by atoms with Crippen molar-refractivity contribution in [2.45, 2.75) is 142 Å². The van der Waals surface area contributed by atoms with Gasteiger partial charge < -0.3 is 19.3 Å². The molecule has 4 aromatic carbocycles. The Kier molecular flexibility index (Phi) is 15.3. The van der Waals surface area contributed by atoms with Crippen molar-refractivity contribution in [2.75, 3.05) is 41.3 Å². The zero-order valence-corrected chi connectivity index (χ0v) is 47.5. The minimum atomic E-state index is -0.732. The van der Waals surface area contributed by atoms with Gasteiger partial charge in [0.25, 0.3) is 5.91 Å². The summed E-state index contributed by atoms with van der Waals surface area (Å²) in [6.45, 7) is 16.5. The van der Waals surface area contributed by atoms with Crippen molar-refractivity contribution < 1.29 is 28.7 Å². The highest BCUT2D eigenvalue weighted by Crippen LogP contribution is 2.39. The summed E-state index contributed by atoms with van der Waals surface area (Å²) in [7, 11) is 1.93. The van der Waals surface area contributed by atoms with Gasteiger partial charge in [-0.2, -0.15) is 5.10 Å². The van der Waals surface area contributed by atoms with Crippen LogP contribution >= 0.6 is 11.3 Å². The maximum absolute atomic E-state index is 14.2. The van der Waals surface area contributed by atoms with E-state index in [-0.39, 0.29) is 29.5 Å². The first kappa shape index (κ1) is 53.8. The number of hydrogen-bond donors (Lipinski definition) is 2. The summed E-state index contributed by atoms with van der Waals surface area (Å²) < 4.78 is 15.7. The lowest BCUT2D eigenvalue weighted by molar-refractivity contribution is -0.134. The Balaban J connectivity index is 0.688. The molecule has 1 unspecified atom stereocenters. The molecule has 7 aromatic rings. The number of piperazine rings is 1. The number of carbonyl (C=O) groups is 4. The Bertz CT molecular complexity index is 3400. The first-order chi connectivity index (χ1) is 38.0. The quantitative estimate of drug-likeness (QED) is 0.0603. The molecule has 412 valence electrons. The second kappa shape index (κ2) is 22.5. The van der Waals surface area contributed by atoms with E-state index in [4.69, 9.17) is 19.6 Å². The van der Waals surface area contributed by atoms with Crippen LogP contribution in [0.4, 0.5) is 16.6 Å². The van der Waals surface area contributed by atoms with E-state index < -0.39 is 17.5 Å². The number of anilines is 3. The molecule has 1 saturated carbocycles. The number of imide groups is 1. The number of ether oxygens (including phenoxy) is 2. The molecule has 0 radical (unpaired) electrons. The number of hydrogen-bond acceptors (Lipinski definition) is 13. The van der Waals surface area contributed by atoms with Crippen LogP contribution in [0.15, 0.2) is 91.0 Å². The summed E-state index contributed by atoms with van der Waals surface area (Å²) in [6.07, 6.45) is 9.60. The first-order valence-electron chi connectivity index (χ1n) is 28.4. The average molecular weight is 1080 g/mol. The molecule has 79 heavy (non-hydrogen) atoms. The van der Waals surface area contributed by atoms with Gasteiger partial charge in [-0.15, -0.1) is 0 Å². The number of aryl methyl sites for hydroxylation is 1. The van der Waals surface area contributed by atoms with E-state index in [2.05, 4.69) is 75.4 Å². The smallest absolute Gasteiger partial charge is 0.358 e. The number of nitrogens with one attached hydrogen (secondary N) is 2. The third-order valence-corrected chi connectivity index (χ3v) is 17.6. The number of amides is 3. The maximum Gasteiger partial charge on any atom is 0.358 e. The largest absolute Gasteiger partial charge is 0.490 e. The summed E-state index contributed by atoms with van der Waals surface area (Å²) in [6, 6.07) is 31.1. The molecule has 3 amide bonds. The predicted octanol–water partition coefficient (Wildman–Crippen LogP) is 11.6. The van der Waals surface area contributed by atoms with Crippen LogP contribution in [0.1, 0.15) is 142 Å². The average Bonchev–Trinajstić information content (AvgIpc) is 4.16.